The number of hydrogen-bond donors (Lipinski definition) is 2. The summed E-state index contributed by atoms with van der Waals surface area (Å²) in [7, 11) is 0. The summed E-state index contributed by atoms with van der Waals surface area (Å²) in [4.78, 5) is 12.4. The highest BCUT2D eigenvalue weighted by atomic mass is 35.5. The predicted octanol–water partition coefficient (Wildman–Crippen LogP) is 10.3. The Kier molecular flexibility index (Phi) is 11.6. The lowest BCUT2D eigenvalue weighted by Crippen LogP contribution is -2.37. The van der Waals surface area contributed by atoms with Crippen molar-refractivity contribution >= 4 is 40.8 Å². The number of phenolic OH excluding ortho intramolecular Hbond substituents is 1. The Morgan fingerprint density at radius 1 is 0.958 bits per heavy atom. The zero-order valence-electron chi connectivity index (χ0n) is 27.1. The molecule has 0 bridgehead atoms. The number of carboxylic acid groups (broad SMARTS) is 1. The molecule has 9 heteroatoms. The summed E-state index contributed by atoms with van der Waals surface area (Å²) >= 11 is 19.2. The Hall–Kier alpha value is -3.68. The van der Waals surface area contributed by atoms with Gasteiger partial charge < -0.3 is 24.4 Å². The van der Waals surface area contributed by atoms with Gasteiger partial charge >= 0.3 is 5.97 Å². The molecular weight excluding hydrogens is 671 g/mol. The fourth-order valence-electron chi connectivity index (χ4n) is 6.32. The van der Waals surface area contributed by atoms with E-state index in [1.165, 1.54) is 12.1 Å². The molecule has 0 spiro atoms. The van der Waals surface area contributed by atoms with Crippen LogP contribution in [0.3, 0.4) is 0 Å². The van der Waals surface area contributed by atoms with Gasteiger partial charge in [-0.25, -0.2) is 4.79 Å². The van der Waals surface area contributed by atoms with E-state index < -0.39 is 18.2 Å². The number of phenols is 1. The Labute approximate surface area is 296 Å². The van der Waals surface area contributed by atoms with Crippen LogP contribution in [-0.2, 0) is 16.0 Å². The molecule has 2 N–H and O–H groups in total. The van der Waals surface area contributed by atoms with Crippen molar-refractivity contribution in [2.24, 2.45) is 5.92 Å². The third-order valence-corrected chi connectivity index (χ3v) is 9.92. The lowest BCUT2D eigenvalue weighted by atomic mass is 9.75. The van der Waals surface area contributed by atoms with Crippen LogP contribution in [0.5, 0.6) is 17.2 Å². The number of aliphatic carboxylic acids is 1. The summed E-state index contributed by atoms with van der Waals surface area (Å²) in [6, 6.07) is 23.2. The Bertz CT molecular complexity index is 1730. The van der Waals surface area contributed by atoms with E-state index in [0.29, 0.717) is 46.4 Å². The van der Waals surface area contributed by atoms with Crippen LogP contribution >= 0.6 is 34.8 Å². The molecule has 0 unspecified atom stereocenters. The average Bonchev–Trinajstić information content (AvgIpc) is 3.05. The lowest BCUT2D eigenvalue weighted by Gasteiger charge is -2.43. The van der Waals surface area contributed by atoms with Crippen LogP contribution in [0.25, 0.3) is 0 Å². The molecule has 0 amide bonds. The number of carbonyl (C=O) groups is 1. The molecule has 4 aromatic rings. The minimum Gasteiger partial charge on any atom is -0.508 e. The molecule has 1 aliphatic rings. The first-order valence-corrected chi connectivity index (χ1v) is 17.0. The van der Waals surface area contributed by atoms with Crippen LogP contribution < -0.4 is 9.47 Å². The van der Waals surface area contributed by atoms with Gasteiger partial charge in [-0.05, 0) is 104 Å². The van der Waals surface area contributed by atoms with Crippen molar-refractivity contribution in [2.45, 2.75) is 64.3 Å². The molecule has 0 aromatic heterocycles. The minimum atomic E-state index is -1.20. The number of carboxylic acids is 1. The van der Waals surface area contributed by atoms with Crippen molar-refractivity contribution in [1.29, 1.82) is 0 Å². The molecule has 1 heterocycles. The number of aromatic hydroxyl groups is 1. The number of halogens is 3. The Balaban J connectivity index is 1.46. The molecular formula is C39H39Cl3O6. The average molecular weight is 710 g/mol. The van der Waals surface area contributed by atoms with Crippen LogP contribution in [0, 0.1) is 19.8 Å². The number of ether oxygens (including phenoxy) is 3. The summed E-state index contributed by atoms with van der Waals surface area (Å²) in [5.74, 6) is -0.0390. The topological polar surface area (TPSA) is 85.2 Å². The van der Waals surface area contributed by atoms with E-state index in [0.717, 1.165) is 33.0 Å². The Morgan fingerprint density at radius 2 is 1.60 bits per heavy atom. The molecule has 5 rings (SSSR count). The zero-order chi connectivity index (χ0) is 34.5. The first kappa shape index (κ1) is 35.6. The fourth-order valence-corrected chi connectivity index (χ4v) is 6.73. The van der Waals surface area contributed by atoms with Crippen molar-refractivity contribution in [2.75, 3.05) is 6.61 Å². The molecule has 4 aromatic carbocycles. The Morgan fingerprint density at radius 3 is 2.23 bits per heavy atom. The highest BCUT2D eigenvalue weighted by Crippen LogP contribution is 2.49. The van der Waals surface area contributed by atoms with E-state index in [1.54, 1.807) is 30.3 Å². The molecule has 48 heavy (non-hydrogen) atoms. The van der Waals surface area contributed by atoms with E-state index in [4.69, 9.17) is 49.0 Å². The number of aryl methyl sites for hydroxylation is 2. The third kappa shape index (κ3) is 8.66. The quantitative estimate of drug-likeness (QED) is 0.142. The van der Waals surface area contributed by atoms with E-state index in [-0.39, 0.29) is 30.1 Å². The summed E-state index contributed by atoms with van der Waals surface area (Å²) in [6.07, 6.45) is -0.613. The second-order valence-corrected chi connectivity index (χ2v) is 13.7. The third-order valence-electron chi connectivity index (χ3n) is 8.84. The van der Waals surface area contributed by atoms with Gasteiger partial charge in [-0.15, -0.1) is 0 Å². The van der Waals surface area contributed by atoms with Crippen molar-refractivity contribution < 1.29 is 29.2 Å². The van der Waals surface area contributed by atoms with Gasteiger partial charge in [0.2, 0.25) is 0 Å². The monoisotopic (exact) mass is 708 g/mol. The first-order valence-electron chi connectivity index (χ1n) is 15.8. The molecule has 6 nitrogen and oxygen atoms in total. The maximum atomic E-state index is 12.4. The van der Waals surface area contributed by atoms with Gasteiger partial charge in [0.25, 0.3) is 0 Å². The predicted molar refractivity (Wildman–Crippen MR) is 191 cm³/mol. The second kappa shape index (κ2) is 15.7. The van der Waals surface area contributed by atoms with Crippen molar-refractivity contribution in [3.05, 3.63) is 134 Å². The SMILES string of the molecule is C=C(C)[C@@H]1C[C@@H](c2ccc(Cl)cc2)[C@@H](CCOc2cc(C)c(Cl)c(C)c2)O[C@H]1c1cc(Cl)ccc1O[C@H](Cc1ccc(O)cc1)C(=O)O. The van der Waals surface area contributed by atoms with E-state index >= 15 is 0 Å². The van der Waals surface area contributed by atoms with Crippen LogP contribution in [0.4, 0.5) is 0 Å². The molecule has 0 radical (unpaired) electrons. The van der Waals surface area contributed by atoms with Crippen molar-refractivity contribution in [3.63, 3.8) is 0 Å². The molecule has 1 aliphatic heterocycles. The zero-order valence-corrected chi connectivity index (χ0v) is 29.4. The molecule has 0 aliphatic carbocycles. The van der Waals surface area contributed by atoms with E-state index in [2.05, 4.69) is 6.58 Å². The molecule has 0 saturated carbocycles. The van der Waals surface area contributed by atoms with E-state index in [9.17, 15) is 15.0 Å². The van der Waals surface area contributed by atoms with Gasteiger partial charge in [0.15, 0.2) is 6.10 Å². The second-order valence-electron chi connectivity index (χ2n) is 12.4. The van der Waals surface area contributed by atoms with Gasteiger partial charge in [0.05, 0.1) is 18.8 Å². The standard InChI is InChI=1S/C39H39Cl3O6/c1-22(2)31-21-32(26-7-9-27(40)10-8-26)35(15-16-46-30-17-23(3)37(42)24(4)18-30)48-38(31)33-20-28(41)11-14-34(33)47-36(39(44)45)19-25-5-12-29(43)13-6-25/h5-14,17-18,20,31-32,35-36,38,43H,1,15-16,19,21H2,2-4H3,(H,44,45)/t31-,32-,35+,36+,38+/m0/s1. The highest BCUT2D eigenvalue weighted by Gasteiger charge is 2.41. The van der Waals surface area contributed by atoms with Crippen LogP contribution in [0.15, 0.2) is 91.0 Å². The summed E-state index contributed by atoms with van der Waals surface area (Å²) in [6.45, 7) is 10.6. The first-order chi connectivity index (χ1) is 22.9. The van der Waals surface area contributed by atoms with Crippen LogP contribution in [-0.4, -0.2) is 35.0 Å². The van der Waals surface area contributed by atoms with Gasteiger partial charge in [-0.1, -0.05) is 71.2 Å². The van der Waals surface area contributed by atoms with Gasteiger partial charge in [-0.3, -0.25) is 0 Å². The normalized spacial score (nSPS) is 19.8. The van der Waals surface area contributed by atoms with Crippen LogP contribution in [0.2, 0.25) is 15.1 Å². The number of rotatable bonds is 12. The fraction of sp³-hybridized carbons (Fsp3) is 0.308. The highest BCUT2D eigenvalue weighted by molar-refractivity contribution is 6.32. The van der Waals surface area contributed by atoms with Gasteiger partial charge in [-0.2, -0.15) is 0 Å². The van der Waals surface area contributed by atoms with Crippen LogP contribution in [0.1, 0.15) is 59.6 Å². The number of hydrogen-bond acceptors (Lipinski definition) is 5. The lowest BCUT2D eigenvalue weighted by molar-refractivity contribution is -0.145. The summed E-state index contributed by atoms with van der Waals surface area (Å²) < 4.78 is 19.5. The summed E-state index contributed by atoms with van der Waals surface area (Å²) in [5, 5.41) is 21.7. The molecule has 5 atom stereocenters. The molecule has 1 fully saturated rings. The molecule has 1 saturated heterocycles. The minimum absolute atomic E-state index is 0.00215. The maximum absolute atomic E-state index is 12.4. The number of benzene rings is 4. The smallest absolute Gasteiger partial charge is 0.345 e. The van der Waals surface area contributed by atoms with E-state index in [1.807, 2.05) is 57.2 Å². The van der Waals surface area contributed by atoms with Crippen molar-refractivity contribution in [3.8, 4) is 17.2 Å². The van der Waals surface area contributed by atoms with Crippen molar-refractivity contribution in [1.82, 2.24) is 0 Å². The largest absolute Gasteiger partial charge is 0.508 e. The maximum Gasteiger partial charge on any atom is 0.345 e. The summed E-state index contributed by atoms with van der Waals surface area (Å²) in [5.41, 5.74) is 5.27. The molecule has 252 valence electrons. The van der Waals surface area contributed by atoms with Gasteiger partial charge in [0, 0.05) is 45.3 Å². The van der Waals surface area contributed by atoms with Gasteiger partial charge in [0.1, 0.15) is 17.2 Å².